The van der Waals surface area contributed by atoms with Crippen molar-refractivity contribution in [2.24, 2.45) is 29.1 Å². The normalized spacial score (nSPS) is 28.4. The van der Waals surface area contributed by atoms with Gasteiger partial charge in [-0.05, 0) is 88.8 Å². The van der Waals surface area contributed by atoms with Gasteiger partial charge < -0.3 is 35.0 Å². The van der Waals surface area contributed by atoms with Gasteiger partial charge in [0.05, 0.1) is 29.9 Å². The molecule has 4 aliphatic carbocycles. The van der Waals surface area contributed by atoms with Gasteiger partial charge in [-0.1, -0.05) is 27.7 Å². The summed E-state index contributed by atoms with van der Waals surface area (Å²) in [6.45, 7) is 8.65. The highest BCUT2D eigenvalue weighted by atomic mass is 127. The predicted molar refractivity (Wildman–Crippen MR) is 163 cm³/mol. The average molecular weight is 685 g/mol. The quantitative estimate of drug-likeness (QED) is 0.264. The maximum Gasteiger partial charge on any atom is 0.247 e. The van der Waals surface area contributed by atoms with Crippen LogP contribution in [0, 0.1) is 32.7 Å². The van der Waals surface area contributed by atoms with E-state index in [1.807, 2.05) is 18.7 Å². The number of fused-ring (bicyclic) bond motifs is 2. The van der Waals surface area contributed by atoms with Crippen LogP contribution < -0.4 is 14.8 Å². The molecule has 6 unspecified atom stereocenters. The van der Waals surface area contributed by atoms with Crippen LogP contribution in [0.5, 0.6) is 11.5 Å². The number of halogens is 1. The first-order valence-electron chi connectivity index (χ1n) is 14.6. The molecular formula is C31H45IN2O7. The lowest BCUT2D eigenvalue weighted by molar-refractivity contribution is -0.151. The number of benzene rings is 1. The Labute approximate surface area is 256 Å². The summed E-state index contributed by atoms with van der Waals surface area (Å²) in [5.41, 5.74) is 1.30. The molecule has 0 radical (unpaired) electrons. The fourth-order valence-corrected chi connectivity index (χ4v) is 7.84. The van der Waals surface area contributed by atoms with Gasteiger partial charge in [0.2, 0.25) is 11.8 Å². The molecule has 5 rings (SSSR count). The van der Waals surface area contributed by atoms with E-state index in [1.54, 1.807) is 18.2 Å². The molecule has 0 spiro atoms. The topological polar surface area (TPSA) is 129 Å². The van der Waals surface area contributed by atoms with Crippen LogP contribution in [0.1, 0.15) is 58.9 Å². The minimum atomic E-state index is -1.10. The Kier molecular flexibility index (Phi) is 10.3. The minimum absolute atomic E-state index is 0.0523. The van der Waals surface area contributed by atoms with Crippen molar-refractivity contribution >= 4 is 34.4 Å². The molecule has 0 heterocycles. The van der Waals surface area contributed by atoms with Gasteiger partial charge >= 0.3 is 0 Å². The molecule has 9 nitrogen and oxygen atoms in total. The summed E-state index contributed by atoms with van der Waals surface area (Å²) in [5, 5.41) is 33.4. The van der Waals surface area contributed by atoms with Crippen molar-refractivity contribution in [3.8, 4) is 11.5 Å². The second-order valence-corrected chi connectivity index (χ2v) is 13.8. The Hall–Kier alpha value is -1.89. The monoisotopic (exact) mass is 684 g/mol. The van der Waals surface area contributed by atoms with E-state index >= 15 is 0 Å². The maximum atomic E-state index is 13.8. The Morgan fingerprint density at radius 2 is 1.95 bits per heavy atom. The fourth-order valence-electron chi connectivity index (χ4n) is 7.05. The minimum Gasteiger partial charge on any atom is -0.493 e. The summed E-state index contributed by atoms with van der Waals surface area (Å²) in [5.74, 6) is 1.67. The first-order valence-corrected chi connectivity index (χ1v) is 15.7. The summed E-state index contributed by atoms with van der Waals surface area (Å²) in [6.07, 6.45) is 3.13. The average Bonchev–Trinajstić information content (AvgIpc) is 2.95. The molecule has 228 valence electrons. The standard InChI is InChI=1S/C31H45IN2O7/c1-17(2)30(39)34(15-19-6-7-21-14-22(19)31(21,3)4)24-12-20(29(38)33-8-9-35)13-25(27(24)37)41-28-23(32)10-18(16-36)11-26(28)40-5/h10-11,13,17,19,21-22,24-25,27,35-37H,6-9,12,14-16H2,1-5H3,(H,33,38). The molecule has 2 bridgehead atoms. The van der Waals surface area contributed by atoms with Crippen molar-refractivity contribution in [3.63, 3.8) is 0 Å². The molecule has 1 aromatic carbocycles. The smallest absolute Gasteiger partial charge is 0.247 e. The number of rotatable bonds is 11. The fraction of sp³-hybridized carbons (Fsp3) is 0.677. The number of amides is 2. The molecule has 41 heavy (non-hydrogen) atoms. The number of methoxy groups -OCH3 is 1. The number of nitrogens with zero attached hydrogens (tertiary/aromatic N) is 1. The Morgan fingerprint density at radius 3 is 2.54 bits per heavy atom. The second-order valence-electron chi connectivity index (χ2n) is 12.6. The highest BCUT2D eigenvalue weighted by Crippen LogP contribution is 2.61. The lowest BCUT2D eigenvalue weighted by atomic mass is 9.45. The van der Waals surface area contributed by atoms with Gasteiger partial charge in [-0.3, -0.25) is 9.59 Å². The molecule has 3 saturated carbocycles. The van der Waals surface area contributed by atoms with Gasteiger partial charge in [0, 0.05) is 31.0 Å². The second kappa shape index (κ2) is 13.2. The van der Waals surface area contributed by atoms with Crippen molar-refractivity contribution < 1.29 is 34.4 Å². The van der Waals surface area contributed by atoms with Crippen LogP contribution in [0.4, 0.5) is 0 Å². The number of carbonyl (C=O) groups excluding carboxylic acids is 2. The van der Waals surface area contributed by atoms with Gasteiger partial charge in [0.15, 0.2) is 11.5 Å². The molecule has 0 saturated heterocycles. The Bertz CT molecular complexity index is 1150. The van der Waals surface area contributed by atoms with Crippen molar-refractivity contribution in [1.29, 1.82) is 0 Å². The zero-order valence-corrected chi connectivity index (χ0v) is 26.9. The third-order valence-corrected chi connectivity index (χ3v) is 10.4. The molecule has 10 heteroatoms. The van der Waals surface area contributed by atoms with Crippen LogP contribution in [-0.4, -0.2) is 77.1 Å². The predicted octanol–water partition coefficient (Wildman–Crippen LogP) is 3.26. The number of hydrogen-bond acceptors (Lipinski definition) is 7. The van der Waals surface area contributed by atoms with Gasteiger partial charge in [0.1, 0.15) is 12.2 Å². The van der Waals surface area contributed by atoms with Crippen molar-refractivity contribution in [2.45, 2.75) is 78.2 Å². The van der Waals surface area contributed by atoms with Crippen molar-refractivity contribution in [3.05, 3.63) is 32.9 Å². The number of ether oxygens (including phenoxy) is 2. The van der Waals surface area contributed by atoms with Gasteiger partial charge in [0.25, 0.3) is 0 Å². The zero-order valence-electron chi connectivity index (χ0n) is 24.7. The van der Waals surface area contributed by atoms with E-state index in [1.165, 1.54) is 13.5 Å². The summed E-state index contributed by atoms with van der Waals surface area (Å²) in [4.78, 5) is 28.7. The Morgan fingerprint density at radius 1 is 1.22 bits per heavy atom. The van der Waals surface area contributed by atoms with Crippen molar-refractivity contribution in [2.75, 3.05) is 26.8 Å². The molecular weight excluding hydrogens is 639 g/mol. The van der Waals surface area contributed by atoms with Crippen LogP contribution in [0.25, 0.3) is 0 Å². The Balaban J connectivity index is 1.69. The van der Waals surface area contributed by atoms with Gasteiger partial charge in [-0.15, -0.1) is 0 Å². The molecule has 4 aliphatic rings. The molecule has 1 aromatic rings. The van der Waals surface area contributed by atoms with Crippen LogP contribution in [0.2, 0.25) is 0 Å². The maximum absolute atomic E-state index is 13.8. The zero-order chi connectivity index (χ0) is 30.1. The highest BCUT2D eigenvalue weighted by Gasteiger charge is 2.55. The van der Waals surface area contributed by atoms with E-state index in [2.05, 4.69) is 41.8 Å². The molecule has 0 aliphatic heterocycles. The molecule has 6 atom stereocenters. The van der Waals surface area contributed by atoms with E-state index in [4.69, 9.17) is 9.47 Å². The van der Waals surface area contributed by atoms with Crippen LogP contribution in [0.15, 0.2) is 23.8 Å². The third-order valence-electron chi connectivity index (χ3n) is 9.55. The van der Waals surface area contributed by atoms with E-state index < -0.39 is 18.2 Å². The van der Waals surface area contributed by atoms with E-state index in [-0.39, 0.29) is 49.3 Å². The number of aliphatic hydroxyl groups is 3. The third kappa shape index (κ3) is 6.55. The molecule has 2 amide bonds. The number of nitrogens with one attached hydrogen (secondary N) is 1. The van der Waals surface area contributed by atoms with Crippen LogP contribution >= 0.6 is 22.6 Å². The van der Waals surface area contributed by atoms with Gasteiger partial charge in [-0.2, -0.15) is 0 Å². The van der Waals surface area contributed by atoms with Crippen LogP contribution in [0.3, 0.4) is 0 Å². The van der Waals surface area contributed by atoms with Crippen LogP contribution in [-0.2, 0) is 16.2 Å². The number of aliphatic hydroxyl groups excluding tert-OH is 3. The highest BCUT2D eigenvalue weighted by molar-refractivity contribution is 14.1. The largest absolute Gasteiger partial charge is 0.493 e. The summed E-state index contributed by atoms with van der Waals surface area (Å²) in [7, 11) is 1.50. The SMILES string of the molecule is COc1cc(CO)cc(I)c1OC1C=C(C(=O)NCCO)CC(N(CC2CCC3CC2C3(C)C)C(=O)C(C)C)C1O. The summed E-state index contributed by atoms with van der Waals surface area (Å²) >= 11 is 2.09. The first kappa shape index (κ1) is 32.0. The lowest BCUT2D eigenvalue weighted by Crippen LogP contribution is -2.60. The van der Waals surface area contributed by atoms with E-state index in [0.29, 0.717) is 44.6 Å². The molecule has 4 N–H and O–H groups in total. The lowest BCUT2D eigenvalue weighted by Gasteiger charge is -2.61. The first-order chi connectivity index (χ1) is 19.4. The van der Waals surface area contributed by atoms with E-state index in [0.717, 1.165) is 18.8 Å². The molecule has 0 aromatic heterocycles. The van der Waals surface area contributed by atoms with E-state index in [9.17, 15) is 24.9 Å². The number of hydrogen-bond donors (Lipinski definition) is 4. The van der Waals surface area contributed by atoms with Crippen molar-refractivity contribution in [1.82, 2.24) is 10.2 Å². The summed E-state index contributed by atoms with van der Waals surface area (Å²) in [6, 6.07) is 2.78. The number of carbonyl (C=O) groups is 2. The molecule has 3 fully saturated rings. The van der Waals surface area contributed by atoms with Gasteiger partial charge in [-0.25, -0.2) is 0 Å². The summed E-state index contributed by atoms with van der Waals surface area (Å²) < 4.78 is 12.6.